The Labute approximate surface area is 124 Å². The van der Waals surface area contributed by atoms with Crippen LogP contribution in [-0.4, -0.2) is 22.4 Å². The third-order valence-electron chi connectivity index (χ3n) is 4.05. The van der Waals surface area contributed by atoms with Gasteiger partial charge in [0, 0.05) is 35.8 Å². The van der Waals surface area contributed by atoms with Crippen molar-refractivity contribution in [1.29, 1.82) is 0 Å². The van der Waals surface area contributed by atoms with Gasteiger partial charge in [0.2, 0.25) is 0 Å². The Kier molecular flexibility index (Phi) is 4.08. The molecule has 1 aliphatic rings. The van der Waals surface area contributed by atoms with E-state index in [2.05, 4.69) is 16.5 Å². The molecule has 0 bridgehead atoms. The van der Waals surface area contributed by atoms with Crippen molar-refractivity contribution < 1.29 is 0 Å². The number of halogens is 1. The molecule has 1 aromatic carbocycles. The summed E-state index contributed by atoms with van der Waals surface area (Å²) in [6.07, 6.45) is 6.84. The molecule has 1 aliphatic heterocycles. The van der Waals surface area contributed by atoms with Crippen LogP contribution in [0.5, 0.6) is 0 Å². The van der Waals surface area contributed by atoms with E-state index >= 15 is 0 Å². The minimum atomic E-state index is 0.567. The van der Waals surface area contributed by atoms with Crippen molar-refractivity contribution in [1.82, 2.24) is 15.1 Å². The van der Waals surface area contributed by atoms with Crippen LogP contribution in [0.1, 0.15) is 25.0 Å². The van der Waals surface area contributed by atoms with E-state index in [4.69, 9.17) is 11.6 Å². The Morgan fingerprint density at radius 3 is 3.05 bits per heavy atom. The number of nitrogens with one attached hydrogen (secondary N) is 1. The minimum Gasteiger partial charge on any atom is -0.314 e. The van der Waals surface area contributed by atoms with Gasteiger partial charge in [-0.3, -0.25) is 4.68 Å². The Bertz CT molecular complexity index is 585. The van der Waals surface area contributed by atoms with Crippen molar-refractivity contribution in [3.8, 4) is 11.1 Å². The summed E-state index contributed by atoms with van der Waals surface area (Å²) in [7, 11) is 2.02. The van der Waals surface area contributed by atoms with E-state index < -0.39 is 0 Å². The second-order valence-electron chi connectivity index (χ2n) is 5.49. The number of hydrogen-bond donors (Lipinski definition) is 1. The zero-order valence-electron chi connectivity index (χ0n) is 11.8. The average Bonchev–Trinajstić information content (AvgIpc) is 2.82. The van der Waals surface area contributed by atoms with E-state index in [0.717, 1.165) is 23.6 Å². The lowest BCUT2D eigenvalue weighted by Crippen LogP contribution is -2.36. The zero-order valence-corrected chi connectivity index (χ0v) is 12.5. The van der Waals surface area contributed by atoms with Gasteiger partial charge in [0.05, 0.1) is 6.20 Å². The van der Waals surface area contributed by atoms with Crippen LogP contribution in [0.15, 0.2) is 30.5 Å². The number of nitrogens with zero attached hydrogens (tertiary/aromatic N) is 2. The van der Waals surface area contributed by atoms with Gasteiger partial charge in [0.1, 0.15) is 0 Å². The topological polar surface area (TPSA) is 29.9 Å². The Hall–Kier alpha value is -1.32. The maximum Gasteiger partial charge on any atom is 0.0571 e. The smallest absolute Gasteiger partial charge is 0.0571 e. The van der Waals surface area contributed by atoms with Crippen LogP contribution >= 0.6 is 11.6 Å². The molecule has 1 atom stereocenters. The van der Waals surface area contributed by atoms with Gasteiger partial charge in [-0.1, -0.05) is 30.2 Å². The van der Waals surface area contributed by atoms with E-state index in [1.165, 1.54) is 30.5 Å². The molecule has 3 rings (SSSR count). The van der Waals surface area contributed by atoms with Crippen molar-refractivity contribution in [3.63, 3.8) is 0 Å². The van der Waals surface area contributed by atoms with Crippen LogP contribution in [0.25, 0.3) is 11.1 Å². The van der Waals surface area contributed by atoms with Crippen molar-refractivity contribution in [3.05, 3.63) is 41.2 Å². The van der Waals surface area contributed by atoms with Gasteiger partial charge in [-0.15, -0.1) is 0 Å². The molecule has 0 spiro atoms. The number of benzene rings is 1. The summed E-state index contributed by atoms with van der Waals surface area (Å²) in [4.78, 5) is 0. The van der Waals surface area contributed by atoms with Crippen LogP contribution in [0.2, 0.25) is 5.02 Å². The highest BCUT2D eigenvalue weighted by molar-refractivity contribution is 6.30. The lowest BCUT2D eigenvalue weighted by atomic mass is 9.97. The molecule has 0 radical (unpaired) electrons. The van der Waals surface area contributed by atoms with Crippen molar-refractivity contribution >= 4 is 11.6 Å². The molecule has 1 N–H and O–H groups in total. The van der Waals surface area contributed by atoms with E-state index in [0.29, 0.717) is 6.04 Å². The highest BCUT2D eigenvalue weighted by Crippen LogP contribution is 2.27. The summed E-state index contributed by atoms with van der Waals surface area (Å²) >= 11 is 6.11. The third-order valence-corrected chi connectivity index (χ3v) is 4.28. The fraction of sp³-hybridized carbons (Fsp3) is 0.438. The Balaban J connectivity index is 1.88. The summed E-state index contributed by atoms with van der Waals surface area (Å²) in [6, 6.07) is 8.57. The maximum absolute atomic E-state index is 6.11. The molecule has 106 valence electrons. The van der Waals surface area contributed by atoms with Gasteiger partial charge in [0.15, 0.2) is 0 Å². The average molecular weight is 290 g/mol. The Morgan fingerprint density at radius 1 is 1.40 bits per heavy atom. The van der Waals surface area contributed by atoms with Crippen LogP contribution in [0.4, 0.5) is 0 Å². The van der Waals surface area contributed by atoms with Crippen molar-refractivity contribution in [2.24, 2.45) is 7.05 Å². The third kappa shape index (κ3) is 2.89. The molecule has 3 nitrogen and oxygen atoms in total. The first-order valence-electron chi connectivity index (χ1n) is 7.24. The molecule has 0 amide bonds. The standard InChI is InChI=1S/C16H20ClN3/c1-20-16(10-14-7-2-3-8-18-14)15(11-19-20)12-5-4-6-13(17)9-12/h4-6,9,11,14,18H,2-3,7-8,10H2,1H3. The van der Waals surface area contributed by atoms with Gasteiger partial charge >= 0.3 is 0 Å². The monoisotopic (exact) mass is 289 g/mol. The van der Waals surface area contributed by atoms with Gasteiger partial charge in [-0.05, 0) is 37.1 Å². The predicted molar refractivity (Wildman–Crippen MR) is 83.0 cm³/mol. The quantitative estimate of drug-likeness (QED) is 0.938. The SMILES string of the molecule is Cn1ncc(-c2cccc(Cl)c2)c1CC1CCCCN1. The highest BCUT2D eigenvalue weighted by Gasteiger charge is 2.18. The lowest BCUT2D eigenvalue weighted by molar-refractivity contribution is 0.393. The van der Waals surface area contributed by atoms with E-state index in [1.807, 2.05) is 36.1 Å². The minimum absolute atomic E-state index is 0.567. The second-order valence-corrected chi connectivity index (χ2v) is 5.93. The molecule has 1 fully saturated rings. The summed E-state index contributed by atoms with van der Waals surface area (Å²) in [5, 5.41) is 8.81. The molecule has 0 saturated carbocycles. The van der Waals surface area contributed by atoms with Gasteiger partial charge in [-0.2, -0.15) is 5.10 Å². The molecule has 4 heteroatoms. The van der Waals surface area contributed by atoms with Gasteiger partial charge in [-0.25, -0.2) is 0 Å². The first-order chi connectivity index (χ1) is 9.74. The van der Waals surface area contributed by atoms with Crippen LogP contribution in [-0.2, 0) is 13.5 Å². The normalized spacial score (nSPS) is 19.2. The number of rotatable bonds is 3. The molecule has 2 heterocycles. The number of aromatic nitrogens is 2. The largest absolute Gasteiger partial charge is 0.314 e. The molecule has 1 aromatic heterocycles. The van der Waals surface area contributed by atoms with Crippen LogP contribution < -0.4 is 5.32 Å². The van der Waals surface area contributed by atoms with Crippen molar-refractivity contribution in [2.45, 2.75) is 31.7 Å². The van der Waals surface area contributed by atoms with Gasteiger partial charge in [0.25, 0.3) is 0 Å². The molecule has 1 unspecified atom stereocenters. The van der Waals surface area contributed by atoms with Crippen LogP contribution in [0, 0.1) is 0 Å². The maximum atomic E-state index is 6.11. The first kappa shape index (κ1) is 13.7. The number of piperidine rings is 1. The number of aryl methyl sites for hydroxylation is 1. The lowest BCUT2D eigenvalue weighted by Gasteiger charge is -2.24. The molecular formula is C16H20ClN3. The number of hydrogen-bond acceptors (Lipinski definition) is 2. The summed E-state index contributed by atoms with van der Waals surface area (Å²) in [5.41, 5.74) is 3.63. The fourth-order valence-electron chi connectivity index (χ4n) is 2.93. The molecule has 0 aliphatic carbocycles. The molecular weight excluding hydrogens is 270 g/mol. The van der Waals surface area contributed by atoms with Crippen LogP contribution in [0.3, 0.4) is 0 Å². The highest BCUT2D eigenvalue weighted by atomic mass is 35.5. The Morgan fingerprint density at radius 2 is 2.30 bits per heavy atom. The first-order valence-corrected chi connectivity index (χ1v) is 7.62. The summed E-state index contributed by atoms with van der Waals surface area (Å²) in [6.45, 7) is 1.13. The van der Waals surface area contributed by atoms with E-state index in [9.17, 15) is 0 Å². The molecule has 1 saturated heterocycles. The predicted octanol–water partition coefficient (Wildman–Crippen LogP) is 3.43. The fourth-order valence-corrected chi connectivity index (χ4v) is 3.12. The second kappa shape index (κ2) is 5.98. The van der Waals surface area contributed by atoms with Crippen molar-refractivity contribution in [2.75, 3.05) is 6.54 Å². The molecule has 20 heavy (non-hydrogen) atoms. The van der Waals surface area contributed by atoms with E-state index in [-0.39, 0.29) is 0 Å². The van der Waals surface area contributed by atoms with Gasteiger partial charge < -0.3 is 5.32 Å². The zero-order chi connectivity index (χ0) is 13.9. The summed E-state index contributed by atoms with van der Waals surface area (Å²) in [5.74, 6) is 0. The summed E-state index contributed by atoms with van der Waals surface area (Å²) < 4.78 is 1.99. The van der Waals surface area contributed by atoms with E-state index in [1.54, 1.807) is 0 Å². The molecule has 2 aromatic rings.